The SMILES string of the molecule is COc1ccc2c(c1OC)C(=O)O[C@@H]2CC(=O)Nc1ccc(O)c(C(C)=O)c1. The zero-order valence-electron chi connectivity index (χ0n) is 15.6. The van der Waals surface area contributed by atoms with Crippen molar-refractivity contribution >= 4 is 23.3 Å². The Labute approximate surface area is 161 Å². The van der Waals surface area contributed by atoms with E-state index in [4.69, 9.17) is 14.2 Å². The number of phenolic OH excluding ortho intramolecular Hbond substituents is 1. The second-order valence-electron chi connectivity index (χ2n) is 6.20. The Kier molecular flexibility index (Phi) is 5.21. The highest BCUT2D eigenvalue weighted by Crippen LogP contribution is 2.43. The molecule has 1 atom stereocenters. The van der Waals surface area contributed by atoms with E-state index in [0.717, 1.165) is 0 Å². The minimum absolute atomic E-state index is 0.104. The molecule has 1 heterocycles. The van der Waals surface area contributed by atoms with Gasteiger partial charge in [0, 0.05) is 11.3 Å². The number of carbonyl (C=O) groups is 3. The molecule has 0 saturated heterocycles. The number of Topliss-reactive ketones (excluding diaryl/α,β-unsaturated/α-hetero) is 1. The van der Waals surface area contributed by atoms with E-state index < -0.39 is 18.0 Å². The van der Waals surface area contributed by atoms with Gasteiger partial charge in [-0.2, -0.15) is 0 Å². The summed E-state index contributed by atoms with van der Waals surface area (Å²) in [6.07, 6.45) is -0.892. The first-order valence-corrected chi connectivity index (χ1v) is 8.45. The first-order chi connectivity index (χ1) is 13.3. The summed E-state index contributed by atoms with van der Waals surface area (Å²) in [6.45, 7) is 1.32. The van der Waals surface area contributed by atoms with Gasteiger partial charge in [-0.25, -0.2) is 4.79 Å². The number of ether oxygens (including phenoxy) is 3. The molecule has 0 saturated carbocycles. The van der Waals surface area contributed by atoms with Gasteiger partial charge in [-0.15, -0.1) is 0 Å². The van der Waals surface area contributed by atoms with Crippen molar-refractivity contribution in [1.29, 1.82) is 0 Å². The van der Waals surface area contributed by atoms with E-state index in [9.17, 15) is 19.5 Å². The average molecular weight is 385 g/mol. The number of amides is 1. The summed E-state index contributed by atoms with van der Waals surface area (Å²) in [7, 11) is 2.88. The third kappa shape index (κ3) is 3.48. The predicted octanol–water partition coefficient (Wildman–Crippen LogP) is 2.85. The lowest BCUT2D eigenvalue weighted by Gasteiger charge is -2.13. The maximum absolute atomic E-state index is 12.4. The van der Waals surface area contributed by atoms with Crippen molar-refractivity contribution in [2.24, 2.45) is 0 Å². The molecular formula is C20H19NO7. The average Bonchev–Trinajstić information content (AvgIpc) is 2.97. The quantitative estimate of drug-likeness (QED) is 0.447. The monoisotopic (exact) mass is 385 g/mol. The van der Waals surface area contributed by atoms with Crippen molar-refractivity contribution in [2.45, 2.75) is 19.4 Å². The van der Waals surface area contributed by atoms with Crippen LogP contribution in [0.15, 0.2) is 30.3 Å². The number of aromatic hydroxyl groups is 1. The fourth-order valence-electron chi connectivity index (χ4n) is 3.10. The molecule has 0 spiro atoms. The van der Waals surface area contributed by atoms with E-state index in [0.29, 0.717) is 17.0 Å². The summed E-state index contributed by atoms with van der Waals surface area (Å²) in [5.41, 5.74) is 1.23. The van der Waals surface area contributed by atoms with E-state index in [1.807, 2.05) is 0 Å². The molecule has 0 aromatic heterocycles. The minimum Gasteiger partial charge on any atom is -0.507 e. The molecule has 0 bridgehead atoms. The fourth-order valence-corrected chi connectivity index (χ4v) is 3.10. The molecular weight excluding hydrogens is 366 g/mol. The number of carbonyl (C=O) groups excluding carboxylic acids is 3. The van der Waals surface area contributed by atoms with Gasteiger partial charge in [0.15, 0.2) is 17.3 Å². The van der Waals surface area contributed by atoms with E-state index in [2.05, 4.69) is 5.32 Å². The molecule has 8 heteroatoms. The molecule has 0 fully saturated rings. The lowest BCUT2D eigenvalue weighted by atomic mass is 10.0. The number of cyclic esters (lactones) is 1. The Morgan fingerprint density at radius 2 is 1.93 bits per heavy atom. The number of hydrogen-bond donors (Lipinski definition) is 2. The number of phenols is 1. The van der Waals surface area contributed by atoms with Crippen molar-refractivity contribution in [1.82, 2.24) is 0 Å². The van der Waals surface area contributed by atoms with Crippen molar-refractivity contribution in [3.05, 3.63) is 47.0 Å². The third-order valence-corrected chi connectivity index (χ3v) is 4.41. The molecule has 1 aliphatic heterocycles. The van der Waals surface area contributed by atoms with Crippen LogP contribution in [0.25, 0.3) is 0 Å². The maximum atomic E-state index is 12.4. The Morgan fingerprint density at radius 3 is 2.57 bits per heavy atom. The molecule has 146 valence electrons. The normalized spacial score (nSPS) is 14.8. The summed E-state index contributed by atoms with van der Waals surface area (Å²) >= 11 is 0. The highest BCUT2D eigenvalue weighted by molar-refractivity contribution is 6.01. The largest absolute Gasteiger partial charge is 0.507 e. The van der Waals surface area contributed by atoms with Crippen molar-refractivity contribution in [2.75, 3.05) is 19.5 Å². The highest BCUT2D eigenvalue weighted by atomic mass is 16.6. The number of anilines is 1. The molecule has 3 rings (SSSR count). The van der Waals surface area contributed by atoms with Gasteiger partial charge in [0.1, 0.15) is 17.4 Å². The highest BCUT2D eigenvalue weighted by Gasteiger charge is 2.36. The van der Waals surface area contributed by atoms with Crippen molar-refractivity contribution < 1.29 is 33.7 Å². The molecule has 8 nitrogen and oxygen atoms in total. The molecule has 2 N–H and O–H groups in total. The number of ketones is 1. The Balaban J connectivity index is 1.79. The van der Waals surface area contributed by atoms with E-state index >= 15 is 0 Å². The summed E-state index contributed by atoms with van der Waals surface area (Å²) in [6, 6.07) is 7.49. The molecule has 0 radical (unpaired) electrons. The number of benzene rings is 2. The molecule has 2 aromatic carbocycles. The third-order valence-electron chi connectivity index (χ3n) is 4.41. The van der Waals surface area contributed by atoms with Crippen LogP contribution in [0.4, 0.5) is 5.69 Å². The maximum Gasteiger partial charge on any atom is 0.343 e. The molecule has 28 heavy (non-hydrogen) atoms. The van der Waals surface area contributed by atoms with Crippen LogP contribution in [-0.4, -0.2) is 37.0 Å². The molecule has 1 amide bonds. The van der Waals surface area contributed by atoms with Gasteiger partial charge in [0.2, 0.25) is 5.91 Å². The van der Waals surface area contributed by atoms with Crippen LogP contribution in [0.1, 0.15) is 45.7 Å². The number of methoxy groups -OCH3 is 2. The molecule has 1 aliphatic rings. The van der Waals surface area contributed by atoms with Gasteiger partial charge in [0.05, 0.1) is 26.2 Å². The summed E-state index contributed by atoms with van der Waals surface area (Å²) in [5, 5.41) is 12.3. The van der Waals surface area contributed by atoms with Crippen LogP contribution in [0.5, 0.6) is 17.2 Å². The van der Waals surface area contributed by atoms with Crippen LogP contribution < -0.4 is 14.8 Å². The lowest BCUT2D eigenvalue weighted by Crippen LogP contribution is -2.16. The zero-order chi connectivity index (χ0) is 20.4. The zero-order valence-corrected chi connectivity index (χ0v) is 15.6. The standard InChI is InChI=1S/C20H19NO7/c1-10(22)13-8-11(4-6-14(13)23)21-17(24)9-16-12-5-7-15(26-2)19(27-3)18(12)20(25)28-16/h4-8,16,23H,9H2,1-3H3,(H,21,24)/t16-/m1/s1. The van der Waals surface area contributed by atoms with Gasteiger partial charge in [-0.3, -0.25) is 9.59 Å². The topological polar surface area (TPSA) is 111 Å². The predicted molar refractivity (Wildman–Crippen MR) is 99.1 cm³/mol. The first kappa shape index (κ1) is 19.2. The second kappa shape index (κ2) is 7.59. The molecule has 0 aliphatic carbocycles. The molecule has 2 aromatic rings. The summed E-state index contributed by atoms with van der Waals surface area (Å²) in [5.74, 6) is -0.840. The minimum atomic E-state index is -0.772. The fraction of sp³-hybridized carbons (Fsp3) is 0.250. The van der Waals surface area contributed by atoms with E-state index in [1.165, 1.54) is 39.3 Å². The number of nitrogens with one attached hydrogen (secondary N) is 1. The number of rotatable bonds is 6. The first-order valence-electron chi connectivity index (χ1n) is 8.45. The van der Waals surface area contributed by atoms with Gasteiger partial charge in [0.25, 0.3) is 0 Å². The lowest BCUT2D eigenvalue weighted by molar-refractivity contribution is -0.118. The summed E-state index contributed by atoms with van der Waals surface area (Å²) in [4.78, 5) is 36.2. The van der Waals surface area contributed by atoms with E-state index in [-0.39, 0.29) is 34.8 Å². The second-order valence-corrected chi connectivity index (χ2v) is 6.20. The van der Waals surface area contributed by atoms with Crippen LogP contribution in [-0.2, 0) is 9.53 Å². The number of esters is 1. The van der Waals surface area contributed by atoms with Gasteiger partial charge >= 0.3 is 5.97 Å². The number of hydrogen-bond acceptors (Lipinski definition) is 7. The van der Waals surface area contributed by atoms with Crippen LogP contribution in [0, 0.1) is 0 Å². The summed E-state index contributed by atoms with van der Waals surface area (Å²) < 4.78 is 15.8. The smallest absolute Gasteiger partial charge is 0.343 e. The van der Waals surface area contributed by atoms with Gasteiger partial charge in [-0.1, -0.05) is 6.07 Å². The Bertz CT molecular complexity index is 967. The van der Waals surface area contributed by atoms with Crippen LogP contribution in [0.3, 0.4) is 0 Å². The van der Waals surface area contributed by atoms with Crippen LogP contribution in [0.2, 0.25) is 0 Å². The van der Waals surface area contributed by atoms with Crippen molar-refractivity contribution in [3.8, 4) is 17.2 Å². The Hall–Kier alpha value is -3.55. The Morgan fingerprint density at radius 1 is 1.18 bits per heavy atom. The van der Waals surface area contributed by atoms with Gasteiger partial charge < -0.3 is 24.6 Å². The van der Waals surface area contributed by atoms with Crippen molar-refractivity contribution in [3.63, 3.8) is 0 Å². The van der Waals surface area contributed by atoms with E-state index in [1.54, 1.807) is 12.1 Å². The van der Waals surface area contributed by atoms with Crippen LogP contribution >= 0.6 is 0 Å². The van der Waals surface area contributed by atoms with Gasteiger partial charge in [-0.05, 0) is 31.2 Å². The number of fused-ring (bicyclic) bond motifs is 1. The molecule has 0 unspecified atom stereocenters.